The molecule has 0 amide bonds. The van der Waals surface area contributed by atoms with E-state index in [1.165, 1.54) is 0 Å². The predicted octanol–water partition coefficient (Wildman–Crippen LogP) is 3.69. The maximum atomic E-state index is 13.6. The molecule has 0 saturated carbocycles. The number of alkyl halides is 3. The number of halogens is 5. The number of sulfonamides is 1. The van der Waals surface area contributed by atoms with Crippen molar-refractivity contribution in [3.63, 3.8) is 0 Å². The average Bonchev–Trinajstić information content (AvgIpc) is 2.45. The summed E-state index contributed by atoms with van der Waals surface area (Å²) in [7, 11) is -4.68. The fourth-order valence-electron chi connectivity index (χ4n) is 1.89. The van der Waals surface area contributed by atoms with E-state index in [9.17, 15) is 40.5 Å². The largest absolute Gasteiger partial charge is 0.423 e. The fourth-order valence-corrected chi connectivity index (χ4v) is 3.00. The zero-order valence-corrected chi connectivity index (χ0v) is 12.7. The van der Waals surface area contributed by atoms with E-state index >= 15 is 0 Å². The third kappa shape index (κ3) is 4.02. The molecule has 0 aliphatic rings. The summed E-state index contributed by atoms with van der Waals surface area (Å²) < 4.78 is 90.7. The standard InChI is InChI=1S/C13H7F5N2O4S/c14-7-1-4-12(10(15)5-7)25(23,24)19-8-2-3-11(20(21)22)9(6-8)13(16,17)18/h1-6,19H. The summed E-state index contributed by atoms with van der Waals surface area (Å²) in [6.45, 7) is 0. The highest BCUT2D eigenvalue weighted by atomic mass is 32.2. The van der Waals surface area contributed by atoms with E-state index in [0.29, 0.717) is 24.3 Å². The van der Waals surface area contributed by atoms with Crippen molar-refractivity contribution in [3.8, 4) is 0 Å². The Hall–Kier alpha value is -2.76. The van der Waals surface area contributed by atoms with Crippen LogP contribution in [0.15, 0.2) is 41.3 Å². The SMILES string of the molecule is O=[N+]([O-])c1ccc(NS(=O)(=O)c2ccc(F)cc2F)cc1C(F)(F)F. The van der Waals surface area contributed by atoms with Crippen molar-refractivity contribution in [3.05, 3.63) is 63.7 Å². The van der Waals surface area contributed by atoms with Gasteiger partial charge in [0, 0.05) is 17.8 Å². The van der Waals surface area contributed by atoms with Gasteiger partial charge in [-0.3, -0.25) is 14.8 Å². The maximum Gasteiger partial charge on any atom is 0.423 e. The molecule has 0 heterocycles. The van der Waals surface area contributed by atoms with Gasteiger partial charge in [-0.2, -0.15) is 13.2 Å². The minimum atomic E-state index is -5.12. The first kappa shape index (κ1) is 18.6. The van der Waals surface area contributed by atoms with Crippen LogP contribution in [-0.4, -0.2) is 13.3 Å². The molecule has 0 aromatic heterocycles. The lowest BCUT2D eigenvalue weighted by molar-refractivity contribution is -0.388. The quantitative estimate of drug-likeness (QED) is 0.496. The molecular weight excluding hydrogens is 375 g/mol. The number of hydrogen-bond donors (Lipinski definition) is 1. The van der Waals surface area contributed by atoms with E-state index in [2.05, 4.69) is 0 Å². The molecule has 0 saturated heterocycles. The Morgan fingerprint density at radius 1 is 1.04 bits per heavy atom. The highest BCUT2D eigenvalue weighted by molar-refractivity contribution is 7.92. The first-order chi connectivity index (χ1) is 11.4. The Balaban J connectivity index is 2.48. The summed E-state index contributed by atoms with van der Waals surface area (Å²) >= 11 is 0. The predicted molar refractivity (Wildman–Crippen MR) is 75.3 cm³/mol. The van der Waals surface area contributed by atoms with Crippen molar-refractivity contribution in [2.45, 2.75) is 11.1 Å². The van der Waals surface area contributed by atoms with Crippen LogP contribution in [0.3, 0.4) is 0 Å². The van der Waals surface area contributed by atoms with Crippen molar-refractivity contribution < 1.29 is 35.3 Å². The van der Waals surface area contributed by atoms with Crippen molar-refractivity contribution in [2.24, 2.45) is 0 Å². The number of nitrogens with one attached hydrogen (secondary N) is 1. The second kappa shape index (κ2) is 6.27. The van der Waals surface area contributed by atoms with Gasteiger partial charge in [0.15, 0.2) is 0 Å². The Morgan fingerprint density at radius 2 is 1.68 bits per heavy atom. The van der Waals surface area contributed by atoms with Crippen molar-refractivity contribution in [1.29, 1.82) is 0 Å². The van der Waals surface area contributed by atoms with E-state index < -0.39 is 54.6 Å². The van der Waals surface area contributed by atoms with Crippen molar-refractivity contribution in [2.75, 3.05) is 4.72 Å². The molecule has 0 spiro atoms. The van der Waals surface area contributed by atoms with Gasteiger partial charge in [-0.05, 0) is 24.3 Å². The van der Waals surface area contributed by atoms with Gasteiger partial charge in [0.2, 0.25) is 0 Å². The van der Waals surface area contributed by atoms with Crippen LogP contribution in [-0.2, 0) is 16.2 Å². The molecule has 2 aromatic rings. The number of nitrogens with zero attached hydrogens (tertiary/aromatic N) is 1. The van der Waals surface area contributed by atoms with Crippen molar-refractivity contribution in [1.82, 2.24) is 0 Å². The van der Waals surface area contributed by atoms with E-state index in [1.54, 1.807) is 4.72 Å². The number of nitro benzene ring substituents is 1. The smallest absolute Gasteiger partial charge is 0.280 e. The lowest BCUT2D eigenvalue weighted by atomic mass is 10.1. The van der Waals surface area contributed by atoms with Crippen molar-refractivity contribution >= 4 is 21.4 Å². The molecule has 0 bridgehead atoms. The topological polar surface area (TPSA) is 89.3 Å². The zero-order valence-electron chi connectivity index (χ0n) is 11.8. The highest BCUT2D eigenvalue weighted by Gasteiger charge is 2.38. The van der Waals surface area contributed by atoms with Gasteiger partial charge in [0.05, 0.1) is 4.92 Å². The average molecular weight is 382 g/mol. The number of rotatable bonds is 4. The molecule has 0 atom stereocenters. The van der Waals surface area contributed by atoms with Crippen LogP contribution in [0.25, 0.3) is 0 Å². The number of hydrogen-bond acceptors (Lipinski definition) is 4. The molecule has 6 nitrogen and oxygen atoms in total. The summed E-state index contributed by atoms with van der Waals surface area (Å²) in [6, 6.07) is 2.90. The molecule has 0 aliphatic carbocycles. The third-order valence-electron chi connectivity index (χ3n) is 2.93. The van der Waals surface area contributed by atoms with Gasteiger partial charge >= 0.3 is 6.18 Å². The summed E-state index contributed by atoms with van der Waals surface area (Å²) in [6.07, 6.45) is -5.12. The number of benzene rings is 2. The number of anilines is 1. The van der Waals surface area contributed by atoms with Gasteiger partial charge in [0.25, 0.3) is 15.7 Å². The van der Waals surface area contributed by atoms with Gasteiger partial charge in [0.1, 0.15) is 22.1 Å². The lowest BCUT2D eigenvalue weighted by Crippen LogP contribution is -2.16. The minimum Gasteiger partial charge on any atom is -0.280 e. The van der Waals surface area contributed by atoms with Gasteiger partial charge in [-0.15, -0.1) is 0 Å². The normalized spacial score (nSPS) is 12.0. The molecule has 12 heteroatoms. The van der Waals surface area contributed by atoms with E-state index in [0.717, 1.165) is 0 Å². The molecule has 0 radical (unpaired) electrons. The molecule has 25 heavy (non-hydrogen) atoms. The molecule has 0 unspecified atom stereocenters. The Bertz CT molecular complexity index is 944. The second-order valence-corrected chi connectivity index (χ2v) is 6.32. The second-order valence-electron chi connectivity index (χ2n) is 4.67. The van der Waals surface area contributed by atoms with Gasteiger partial charge in [-0.1, -0.05) is 0 Å². The summed E-state index contributed by atoms with van der Waals surface area (Å²) in [4.78, 5) is 8.37. The zero-order chi connectivity index (χ0) is 19.0. The van der Waals surface area contributed by atoms with Gasteiger partial charge < -0.3 is 0 Å². The maximum absolute atomic E-state index is 13.6. The molecule has 2 rings (SSSR count). The van der Waals surface area contributed by atoms with E-state index in [4.69, 9.17) is 0 Å². The molecule has 134 valence electrons. The molecule has 0 fully saturated rings. The van der Waals surface area contributed by atoms with Crippen LogP contribution in [0.1, 0.15) is 5.56 Å². The Morgan fingerprint density at radius 3 is 2.20 bits per heavy atom. The minimum absolute atomic E-state index is 0.205. The van der Waals surface area contributed by atoms with Crippen LogP contribution in [0.4, 0.5) is 33.3 Å². The van der Waals surface area contributed by atoms with Crippen LogP contribution < -0.4 is 4.72 Å². The summed E-state index contributed by atoms with van der Waals surface area (Å²) in [5, 5.41) is 10.6. The first-order valence-electron chi connectivity index (χ1n) is 6.25. The van der Waals surface area contributed by atoms with Crippen LogP contribution in [0.2, 0.25) is 0 Å². The summed E-state index contributed by atoms with van der Waals surface area (Å²) in [5.41, 5.74) is -3.64. The van der Waals surface area contributed by atoms with Crippen LogP contribution in [0, 0.1) is 21.7 Å². The monoisotopic (exact) mass is 382 g/mol. The lowest BCUT2D eigenvalue weighted by Gasteiger charge is -2.12. The molecule has 2 aromatic carbocycles. The first-order valence-corrected chi connectivity index (χ1v) is 7.73. The Labute approximate surface area is 137 Å². The molecular formula is C13H7F5N2O4S. The summed E-state index contributed by atoms with van der Waals surface area (Å²) in [5.74, 6) is -2.50. The highest BCUT2D eigenvalue weighted by Crippen LogP contribution is 2.38. The fraction of sp³-hybridized carbons (Fsp3) is 0.0769. The molecule has 1 N–H and O–H groups in total. The van der Waals surface area contributed by atoms with E-state index in [1.807, 2.05) is 0 Å². The number of nitro groups is 1. The van der Waals surface area contributed by atoms with E-state index in [-0.39, 0.29) is 12.1 Å². The van der Waals surface area contributed by atoms with Crippen LogP contribution >= 0.6 is 0 Å². The molecule has 0 aliphatic heterocycles. The Kier molecular flexibility index (Phi) is 4.66. The van der Waals surface area contributed by atoms with Gasteiger partial charge in [-0.25, -0.2) is 17.2 Å². The third-order valence-corrected chi connectivity index (χ3v) is 4.35. The van der Waals surface area contributed by atoms with Crippen LogP contribution in [0.5, 0.6) is 0 Å².